The molecule has 1 aliphatic heterocycles. The van der Waals surface area contributed by atoms with Gasteiger partial charge in [-0.05, 0) is 12.8 Å². The summed E-state index contributed by atoms with van der Waals surface area (Å²) in [5.74, 6) is -0.121. The highest BCUT2D eigenvalue weighted by Crippen LogP contribution is 2.39. The Morgan fingerprint density at radius 3 is 2.74 bits per heavy atom. The van der Waals surface area contributed by atoms with Crippen molar-refractivity contribution in [2.75, 3.05) is 31.1 Å². The van der Waals surface area contributed by atoms with E-state index in [1.165, 1.54) is 6.39 Å². The van der Waals surface area contributed by atoms with Gasteiger partial charge in [0.1, 0.15) is 6.26 Å². The fourth-order valence-electron chi connectivity index (χ4n) is 2.90. The fourth-order valence-corrected chi connectivity index (χ4v) is 2.90. The molecule has 122 valence electrons. The van der Waals surface area contributed by atoms with Gasteiger partial charge in [0.25, 0.3) is 5.56 Å². The quantitative estimate of drug-likeness (QED) is 0.909. The number of rotatable bonds is 4. The summed E-state index contributed by atoms with van der Waals surface area (Å²) >= 11 is 0. The van der Waals surface area contributed by atoms with Crippen LogP contribution in [0.5, 0.6) is 0 Å². The van der Waals surface area contributed by atoms with Crippen molar-refractivity contribution in [2.24, 2.45) is 0 Å². The lowest BCUT2D eigenvalue weighted by Crippen LogP contribution is -2.47. The van der Waals surface area contributed by atoms with Crippen LogP contribution in [-0.2, 0) is 6.54 Å². The lowest BCUT2D eigenvalue weighted by molar-refractivity contribution is 0.245. The highest BCUT2D eigenvalue weighted by Gasteiger charge is 2.31. The molecule has 1 N–H and O–H groups in total. The minimum absolute atomic E-state index is 0.115. The smallest absolute Gasteiger partial charge is 0.288 e. The van der Waals surface area contributed by atoms with E-state index in [1.807, 2.05) is 4.90 Å². The van der Waals surface area contributed by atoms with Crippen LogP contribution >= 0.6 is 0 Å². The normalized spacial score (nSPS) is 19.3. The fraction of sp³-hybridized carbons (Fsp3) is 0.533. The first-order valence-corrected chi connectivity index (χ1v) is 7.85. The lowest BCUT2D eigenvalue weighted by Gasteiger charge is -2.34. The van der Waals surface area contributed by atoms with Gasteiger partial charge in [-0.3, -0.25) is 14.7 Å². The van der Waals surface area contributed by atoms with Crippen molar-refractivity contribution in [3.8, 4) is 0 Å². The molecule has 1 saturated carbocycles. The molecule has 0 spiro atoms. The molecule has 0 unspecified atom stereocenters. The first-order valence-electron chi connectivity index (χ1n) is 7.85. The summed E-state index contributed by atoms with van der Waals surface area (Å²) in [4.78, 5) is 27.1. The molecule has 7 nitrogen and oxygen atoms in total. The van der Waals surface area contributed by atoms with Crippen LogP contribution in [0, 0.1) is 5.82 Å². The molecule has 1 saturated heterocycles. The van der Waals surface area contributed by atoms with Gasteiger partial charge in [-0.1, -0.05) is 0 Å². The zero-order valence-corrected chi connectivity index (χ0v) is 12.7. The Kier molecular flexibility index (Phi) is 3.60. The van der Waals surface area contributed by atoms with E-state index in [-0.39, 0.29) is 5.92 Å². The Balaban J connectivity index is 1.45. The van der Waals surface area contributed by atoms with Crippen molar-refractivity contribution in [3.05, 3.63) is 40.2 Å². The summed E-state index contributed by atoms with van der Waals surface area (Å²) in [6.07, 6.45) is 4.90. The van der Waals surface area contributed by atoms with Gasteiger partial charge in [0.05, 0.1) is 11.4 Å². The van der Waals surface area contributed by atoms with Crippen LogP contribution in [0.2, 0.25) is 0 Å². The van der Waals surface area contributed by atoms with E-state index in [2.05, 4.69) is 19.9 Å². The Labute approximate surface area is 132 Å². The maximum absolute atomic E-state index is 13.9. The topological polar surface area (TPSA) is 78.3 Å². The summed E-state index contributed by atoms with van der Waals surface area (Å²) in [7, 11) is 0. The largest absolute Gasteiger partial charge is 0.451 e. The van der Waals surface area contributed by atoms with Crippen molar-refractivity contribution in [1.29, 1.82) is 0 Å². The van der Waals surface area contributed by atoms with Crippen LogP contribution < -0.4 is 10.5 Å². The van der Waals surface area contributed by atoms with Crippen molar-refractivity contribution in [1.82, 2.24) is 19.9 Å². The number of halogens is 1. The van der Waals surface area contributed by atoms with E-state index >= 15 is 0 Å². The van der Waals surface area contributed by atoms with E-state index in [1.54, 1.807) is 6.26 Å². The molecule has 2 aliphatic rings. The standard InChI is InChI=1S/C15H18FN5O2/c16-12-13(10-1-2-10)18-15(19-14(12)22)21-5-3-20(4-6-21)7-11-8-23-9-17-11/h8-10H,1-7H2,(H,18,19,22). The molecule has 2 aromatic heterocycles. The average molecular weight is 319 g/mol. The second-order valence-corrected chi connectivity index (χ2v) is 6.11. The molecule has 23 heavy (non-hydrogen) atoms. The Bertz CT molecular complexity index is 733. The SMILES string of the molecule is O=c1[nH]c(N2CCN(Cc3cocn3)CC2)nc(C2CC2)c1F. The van der Waals surface area contributed by atoms with Gasteiger partial charge in [0, 0.05) is 38.6 Å². The minimum Gasteiger partial charge on any atom is -0.451 e. The summed E-state index contributed by atoms with van der Waals surface area (Å²) < 4.78 is 18.8. The maximum Gasteiger partial charge on any atom is 0.288 e. The van der Waals surface area contributed by atoms with Gasteiger partial charge in [-0.15, -0.1) is 0 Å². The molecule has 0 amide bonds. The number of H-pyrrole nitrogens is 1. The van der Waals surface area contributed by atoms with Crippen molar-refractivity contribution >= 4 is 5.95 Å². The summed E-state index contributed by atoms with van der Waals surface area (Å²) in [5, 5.41) is 0. The molecule has 0 radical (unpaired) electrons. The first-order chi connectivity index (χ1) is 11.2. The molecule has 2 fully saturated rings. The third-order valence-corrected chi connectivity index (χ3v) is 4.38. The van der Waals surface area contributed by atoms with Crippen LogP contribution in [0.4, 0.5) is 10.3 Å². The maximum atomic E-state index is 13.9. The summed E-state index contributed by atoms with van der Waals surface area (Å²) in [5.41, 5.74) is 0.568. The monoisotopic (exact) mass is 319 g/mol. The molecule has 0 atom stereocenters. The number of nitrogens with one attached hydrogen (secondary N) is 1. The lowest BCUT2D eigenvalue weighted by atomic mass is 10.2. The molecule has 8 heteroatoms. The molecule has 1 aliphatic carbocycles. The van der Waals surface area contributed by atoms with E-state index < -0.39 is 11.4 Å². The number of aromatic nitrogens is 3. The number of nitrogens with zero attached hydrogens (tertiary/aromatic N) is 4. The number of oxazole rings is 1. The zero-order valence-electron chi connectivity index (χ0n) is 12.7. The van der Waals surface area contributed by atoms with E-state index in [4.69, 9.17) is 4.42 Å². The number of piperazine rings is 1. The molecule has 0 bridgehead atoms. The zero-order chi connectivity index (χ0) is 15.8. The molecule has 0 aromatic carbocycles. The second kappa shape index (κ2) is 5.77. The van der Waals surface area contributed by atoms with Crippen LogP contribution in [0.15, 0.2) is 21.9 Å². The number of anilines is 1. The molecule has 3 heterocycles. The predicted octanol–water partition coefficient (Wildman–Crippen LogP) is 1.10. The van der Waals surface area contributed by atoms with Gasteiger partial charge in [0.2, 0.25) is 11.8 Å². The van der Waals surface area contributed by atoms with Gasteiger partial charge < -0.3 is 9.32 Å². The van der Waals surface area contributed by atoms with E-state index in [0.717, 1.165) is 51.3 Å². The number of hydrogen-bond donors (Lipinski definition) is 1. The molecule has 2 aromatic rings. The van der Waals surface area contributed by atoms with Gasteiger partial charge >= 0.3 is 0 Å². The highest BCUT2D eigenvalue weighted by molar-refractivity contribution is 5.33. The minimum atomic E-state index is -0.721. The van der Waals surface area contributed by atoms with Crippen molar-refractivity contribution in [3.63, 3.8) is 0 Å². The van der Waals surface area contributed by atoms with E-state index in [9.17, 15) is 9.18 Å². The molecular formula is C15H18FN5O2. The van der Waals surface area contributed by atoms with Crippen LogP contribution in [-0.4, -0.2) is 46.0 Å². The Hall–Kier alpha value is -2.22. The van der Waals surface area contributed by atoms with Crippen LogP contribution in [0.25, 0.3) is 0 Å². The third-order valence-electron chi connectivity index (χ3n) is 4.38. The Morgan fingerprint density at radius 1 is 1.30 bits per heavy atom. The molecular weight excluding hydrogens is 301 g/mol. The third kappa shape index (κ3) is 2.98. The predicted molar refractivity (Wildman–Crippen MR) is 80.8 cm³/mol. The van der Waals surface area contributed by atoms with E-state index in [0.29, 0.717) is 11.6 Å². The number of aromatic amines is 1. The van der Waals surface area contributed by atoms with Crippen molar-refractivity contribution in [2.45, 2.75) is 25.3 Å². The second-order valence-electron chi connectivity index (χ2n) is 6.11. The molecule has 4 rings (SSSR count). The van der Waals surface area contributed by atoms with Crippen LogP contribution in [0.1, 0.15) is 30.1 Å². The van der Waals surface area contributed by atoms with Crippen LogP contribution in [0.3, 0.4) is 0 Å². The summed E-state index contributed by atoms with van der Waals surface area (Å²) in [6.45, 7) is 3.86. The number of hydrogen-bond acceptors (Lipinski definition) is 6. The highest BCUT2D eigenvalue weighted by atomic mass is 19.1. The Morgan fingerprint density at radius 2 is 2.09 bits per heavy atom. The summed E-state index contributed by atoms with van der Waals surface area (Å²) in [6, 6.07) is 0. The average Bonchev–Trinajstić information content (AvgIpc) is 3.28. The van der Waals surface area contributed by atoms with Gasteiger partial charge in [-0.25, -0.2) is 9.97 Å². The van der Waals surface area contributed by atoms with Gasteiger partial charge in [-0.2, -0.15) is 4.39 Å². The van der Waals surface area contributed by atoms with Crippen molar-refractivity contribution < 1.29 is 8.81 Å². The van der Waals surface area contributed by atoms with Gasteiger partial charge in [0.15, 0.2) is 6.39 Å². The first kappa shape index (κ1) is 14.4.